The molecule has 0 aliphatic heterocycles. The first-order valence-corrected chi connectivity index (χ1v) is 12.1. The molecule has 0 saturated heterocycles. The number of hydrogen-bond acceptors (Lipinski definition) is 4. The van der Waals surface area contributed by atoms with Crippen molar-refractivity contribution in [2.75, 3.05) is 16.3 Å². The van der Waals surface area contributed by atoms with Crippen LogP contribution in [0.2, 0.25) is 5.02 Å². The summed E-state index contributed by atoms with van der Waals surface area (Å²) in [4.78, 5) is 17.6. The highest BCUT2D eigenvalue weighted by Gasteiger charge is 2.23. The summed E-state index contributed by atoms with van der Waals surface area (Å²) < 4.78 is 27.6. The summed E-state index contributed by atoms with van der Waals surface area (Å²) in [6.45, 7) is 0. The number of carbonyl (C=O) groups is 1. The molecule has 1 heterocycles. The zero-order valence-corrected chi connectivity index (χ0v) is 18.1. The Labute approximate surface area is 180 Å². The number of nitrogens with zero attached hydrogens (tertiary/aromatic N) is 2. The van der Waals surface area contributed by atoms with Crippen LogP contribution in [0.3, 0.4) is 0 Å². The van der Waals surface area contributed by atoms with Gasteiger partial charge in [-0.1, -0.05) is 43.0 Å². The molecule has 1 saturated carbocycles. The third kappa shape index (κ3) is 4.44. The summed E-state index contributed by atoms with van der Waals surface area (Å²) >= 11 is 6.07. The van der Waals surface area contributed by atoms with E-state index >= 15 is 0 Å². The molecule has 4 rings (SSSR count). The van der Waals surface area contributed by atoms with Gasteiger partial charge in [0.25, 0.3) is 5.91 Å². The van der Waals surface area contributed by atoms with Crippen LogP contribution in [-0.4, -0.2) is 30.1 Å². The van der Waals surface area contributed by atoms with Crippen molar-refractivity contribution in [2.24, 2.45) is 0 Å². The molecule has 7 nitrogen and oxygen atoms in total. The van der Waals surface area contributed by atoms with Crippen LogP contribution in [0.4, 0.5) is 11.6 Å². The van der Waals surface area contributed by atoms with Crippen LogP contribution >= 0.6 is 11.6 Å². The fraction of sp³-hybridized carbons (Fsp3) is 0.333. The van der Waals surface area contributed by atoms with Gasteiger partial charge in [-0.05, 0) is 43.2 Å². The van der Waals surface area contributed by atoms with Crippen LogP contribution in [0.5, 0.6) is 0 Å². The van der Waals surface area contributed by atoms with E-state index in [1.54, 1.807) is 6.07 Å². The smallest absolute Gasteiger partial charge is 0.258 e. The molecule has 3 aromatic rings. The Balaban J connectivity index is 1.67. The number of benzene rings is 2. The molecule has 1 aromatic heterocycles. The Bertz CT molecular complexity index is 1200. The van der Waals surface area contributed by atoms with Gasteiger partial charge in [0, 0.05) is 11.6 Å². The predicted octanol–water partition coefficient (Wildman–Crippen LogP) is 4.82. The maximum atomic E-state index is 13.0. The lowest BCUT2D eigenvalue weighted by molar-refractivity contribution is 0.102. The highest BCUT2D eigenvalue weighted by molar-refractivity contribution is 7.92. The van der Waals surface area contributed by atoms with Crippen LogP contribution in [0.15, 0.2) is 42.5 Å². The van der Waals surface area contributed by atoms with Gasteiger partial charge in [-0.2, -0.15) is 0 Å². The molecule has 0 spiro atoms. The van der Waals surface area contributed by atoms with E-state index in [9.17, 15) is 13.2 Å². The standard InChI is InChI=1S/C21H23ClN4O3S/c1-30(28,29)25-18-13-14(11-12-16(18)22)20(27)24-21-23-17-9-5-6-10-19(17)26(21)15-7-3-2-4-8-15/h5-6,9-13,15,25H,2-4,7-8H2,1H3,(H,23,24,27). The highest BCUT2D eigenvalue weighted by atomic mass is 35.5. The minimum Gasteiger partial charge on any atom is -0.307 e. The third-order valence-electron chi connectivity index (χ3n) is 5.28. The van der Waals surface area contributed by atoms with Crippen molar-refractivity contribution in [3.8, 4) is 0 Å². The summed E-state index contributed by atoms with van der Waals surface area (Å²) in [5.74, 6) is 0.122. The van der Waals surface area contributed by atoms with Crippen LogP contribution in [-0.2, 0) is 10.0 Å². The van der Waals surface area contributed by atoms with E-state index in [0.717, 1.165) is 43.0 Å². The Morgan fingerprint density at radius 2 is 1.87 bits per heavy atom. The molecule has 0 radical (unpaired) electrons. The lowest BCUT2D eigenvalue weighted by Crippen LogP contribution is -2.20. The Morgan fingerprint density at radius 1 is 1.13 bits per heavy atom. The minimum absolute atomic E-state index is 0.160. The molecule has 1 aliphatic carbocycles. The number of fused-ring (bicyclic) bond motifs is 1. The second kappa shape index (κ2) is 8.28. The van der Waals surface area contributed by atoms with Crippen molar-refractivity contribution in [1.82, 2.24) is 9.55 Å². The van der Waals surface area contributed by atoms with E-state index in [4.69, 9.17) is 11.6 Å². The van der Waals surface area contributed by atoms with Crippen LogP contribution in [0, 0.1) is 0 Å². The van der Waals surface area contributed by atoms with Crippen molar-refractivity contribution in [1.29, 1.82) is 0 Å². The molecule has 2 N–H and O–H groups in total. The van der Waals surface area contributed by atoms with E-state index in [-0.39, 0.29) is 28.2 Å². The van der Waals surface area contributed by atoms with Crippen molar-refractivity contribution < 1.29 is 13.2 Å². The molecule has 1 fully saturated rings. The maximum Gasteiger partial charge on any atom is 0.258 e. The fourth-order valence-corrected chi connectivity index (χ4v) is 4.75. The SMILES string of the molecule is CS(=O)(=O)Nc1cc(C(=O)Nc2nc3ccccc3n2C2CCCCC2)ccc1Cl. The molecular weight excluding hydrogens is 424 g/mol. The maximum absolute atomic E-state index is 13.0. The van der Waals surface area contributed by atoms with E-state index in [1.807, 2.05) is 24.3 Å². The predicted molar refractivity (Wildman–Crippen MR) is 120 cm³/mol. The number of rotatable bonds is 5. The van der Waals surface area contributed by atoms with Crippen molar-refractivity contribution in [3.63, 3.8) is 0 Å². The number of halogens is 1. The summed E-state index contributed by atoms with van der Waals surface area (Å²) in [5, 5.41) is 3.13. The average molecular weight is 447 g/mol. The van der Waals surface area contributed by atoms with Crippen molar-refractivity contribution >= 4 is 50.2 Å². The quantitative estimate of drug-likeness (QED) is 0.587. The molecule has 1 aliphatic rings. The summed E-state index contributed by atoms with van der Waals surface area (Å²) in [6, 6.07) is 12.6. The van der Waals surface area contributed by atoms with E-state index < -0.39 is 10.0 Å². The second-order valence-corrected chi connectivity index (χ2v) is 9.76. The molecule has 158 valence electrons. The lowest BCUT2D eigenvalue weighted by Gasteiger charge is -2.25. The van der Waals surface area contributed by atoms with Gasteiger partial charge in [0.1, 0.15) is 0 Å². The monoisotopic (exact) mass is 446 g/mol. The number of imidazole rings is 1. The van der Waals surface area contributed by atoms with Gasteiger partial charge >= 0.3 is 0 Å². The van der Waals surface area contributed by atoms with Gasteiger partial charge in [0.2, 0.25) is 16.0 Å². The summed E-state index contributed by atoms with van der Waals surface area (Å²) in [6.07, 6.45) is 6.66. The van der Waals surface area contributed by atoms with Gasteiger partial charge in [-0.3, -0.25) is 14.8 Å². The van der Waals surface area contributed by atoms with E-state index in [0.29, 0.717) is 5.95 Å². The molecule has 0 unspecified atom stereocenters. The molecule has 1 amide bonds. The topological polar surface area (TPSA) is 93.1 Å². The van der Waals surface area contributed by atoms with Gasteiger partial charge in [0.15, 0.2) is 0 Å². The number of sulfonamides is 1. The second-order valence-electron chi connectivity index (χ2n) is 7.61. The van der Waals surface area contributed by atoms with Crippen LogP contribution in [0.25, 0.3) is 11.0 Å². The Kier molecular flexibility index (Phi) is 5.71. The number of para-hydroxylation sites is 2. The summed E-state index contributed by atoms with van der Waals surface area (Å²) in [5.41, 5.74) is 2.27. The number of hydrogen-bond donors (Lipinski definition) is 2. The molecule has 9 heteroatoms. The lowest BCUT2D eigenvalue weighted by atomic mass is 9.95. The van der Waals surface area contributed by atoms with Gasteiger partial charge in [0.05, 0.1) is 28.0 Å². The molecule has 2 aromatic carbocycles. The average Bonchev–Trinajstić information content (AvgIpc) is 3.07. The van der Waals surface area contributed by atoms with E-state index in [1.165, 1.54) is 18.6 Å². The number of amides is 1. The largest absolute Gasteiger partial charge is 0.307 e. The van der Waals surface area contributed by atoms with Gasteiger partial charge in [-0.15, -0.1) is 0 Å². The van der Waals surface area contributed by atoms with E-state index in [2.05, 4.69) is 19.6 Å². The first kappa shape index (κ1) is 20.7. The van der Waals surface area contributed by atoms with Gasteiger partial charge < -0.3 is 4.57 Å². The number of aromatic nitrogens is 2. The zero-order valence-electron chi connectivity index (χ0n) is 16.6. The highest BCUT2D eigenvalue weighted by Crippen LogP contribution is 2.34. The van der Waals surface area contributed by atoms with Crippen molar-refractivity contribution in [3.05, 3.63) is 53.1 Å². The Hall–Kier alpha value is -2.58. The number of anilines is 2. The van der Waals surface area contributed by atoms with Crippen LogP contribution in [0.1, 0.15) is 48.5 Å². The molecular formula is C21H23ClN4O3S. The fourth-order valence-electron chi connectivity index (χ4n) is 3.96. The zero-order chi connectivity index (χ0) is 21.3. The Morgan fingerprint density at radius 3 is 2.60 bits per heavy atom. The molecule has 0 bridgehead atoms. The first-order chi connectivity index (χ1) is 14.3. The number of nitrogens with one attached hydrogen (secondary N) is 2. The molecule has 0 atom stereocenters. The minimum atomic E-state index is -3.52. The third-order valence-corrected chi connectivity index (χ3v) is 6.21. The first-order valence-electron chi connectivity index (χ1n) is 9.87. The van der Waals surface area contributed by atoms with Gasteiger partial charge in [-0.25, -0.2) is 13.4 Å². The number of carbonyl (C=O) groups excluding carboxylic acids is 1. The van der Waals surface area contributed by atoms with Crippen molar-refractivity contribution in [2.45, 2.75) is 38.1 Å². The molecule has 30 heavy (non-hydrogen) atoms. The van der Waals surface area contributed by atoms with Crippen LogP contribution < -0.4 is 10.0 Å². The summed E-state index contributed by atoms with van der Waals surface area (Å²) in [7, 11) is -3.52. The normalized spacial score (nSPS) is 15.3.